The topological polar surface area (TPSA) is 9.23 Å². The van der Waals surface area contributed by atoms with Gasteiger partial charge in [-0.2, -0.15) is 0 Å². The summed E-state index contributed by atoms with van der Waals surface area (Å²) < 4.78 is 6.05. The average Bonchev–Trinajstić information content (AvgIpc) is 2.33. The van der Waals surface area contributed by atoms with Crippen LogP contribution in [-0.2, 0) is 4.74 Å². The van der Waals surface area contributed by atoms with Crippen molar-refractivity contribution in [3.8, 4) is 0 Å². The van der Waals surface area contributed by atoms with Crippen molar-refractivity contribution in [1.82, 2.24) is 0 Å². The van der Waals surface area contributed by atoms with E-state index >= 15 is 0 Å². The molecule has 0 spiro atoms. The molecule has 1 nitrogen and oxygen atoms in total. The molecule has 2 atom stereocenters. The Labute approximate surface area is 115 Å². The monoisotopic (exact) mass is 268 g/mol. The average molecular weight is 269 g/mol. The molecule has 2 heteroatoms. The van der Waals surface area contributed by atoms with Crippen molar-refractivity contribution in [3.05, 3.63) is 0 Å². The van der Waals surface area contributed by atoms with E-state index in [1.807, 2.05) is 0 Å². The highest BCUT2D eigenvalue weighted by Gasteiger charge is 2.67. The summed E-state index contributed by atoms with van der Waals surface area (Å²) >= 11 is 0. The maximum absolute atomic E-state index is 6.05. The molecule has 18 heavy (non-hydrogen) atoms. The second-order valence-corrected chi connectivity index (χ2v) is 12.2. The Morgan fingerprint density at radius 3 is 2.06 bits per heavy atom. The maximum Gasteiger partial charge on any atom is 0.0863 e. The second kappa shape index (κ2) is 6.09. The van der Waals surface area contributed by atoms with E-state index in [0.29, 0.717) is 5.22 Å². The number of ether oxygens (including phenoxy) is 1. The molecule has 0 N–H and O–H groups in total. The van der Waals surface area contributed by atoms with E-state index in [4.69, 9.17) is 4.74 Å². The van der Waals surface area contributed by atoms with Crippen LogP contribution in [0.4, 0.5) is 0 Å². The van der Waals surface area contributed by atoms with Gasteiger partial charge in [0, 0.05) is 5.92 Å². The van der Waals surface area contributed by atoms with Crippen molar-refractivity contribution >= 4 is 8.07 Å². The fourth-order valence-electron chi connectivity index (χ4n) is 4.17. The minimum atomic E-state index is -0.989. The van der Waals surface area contributed by atoms with Gasteiger partial charge in [0.15, 0.2) is 0 Å². The van der Waals surface area contributed by atoms with Gasteiger partial charge in [-0.25, -0.2) is 0 Å². The fraction of sp³-hybridized carbons (Fsp3) is 1.00. The largest absolute Gasteiger partial charge is 0.378 e. The highest BCUT2D eigenvalue weighted by atomic mass is 28.3. The smallest absolute Gasteiger partial charge is 0.0863 e. The number of fused-ring (bicyclic) bond motifs is 1. The predicted molar refractivity (Wildman–Crippen MR) is 81.7 cm³/mol. The lowest BCUT2D eigenvalue weighted by Crippen LogP contribution is -2.78. The van der Waals surface area contributed by atoms with Gasteiger partial charge >= 0.3 is 0 Å². The first-order valence-electron chi connectivity index (χ1n) is 8.26. The lowest BCUT2D eigenvalue weighted by atomic mass is 9.91. The minimum Gasteiger partial charge on any atom is -0.378 e. The van der Waals surface area contributed by atoms with Crippen molar-refractivity contribution in [2.45, 2.75) is 89.1 Å². The van der Waals surface area contributed by atoms with Gasteiger partial charge in [-0.1, -0.05) is 71.4 Å². The normalized spacial score (nSPS) is 32.5. The zero-order chi connectivity index (χ0) is 13.1. The Hall–Kier alpha value is 0.177. The summed E-state index contributed by atoms with van der Waals surface area (Å²) in [6.45, 7) is 8.44. The zero-order valence-corrected chi connectivity index (χ0v) is 13.8. The SMILES string of the molecule is CCCCCCCCCCC12OCC1C[Si]2(C)C. The van der Waals surface area contributed by atoms with Gasteiger partial charge in [-0.05, 0) is 12.5 Å². The third-order valence-corrected chi connectivity index (χ3v) is 10.1. The quantitative estimate of drug-likeness (QED) is 0.414. The van der Waals surface area contributed by atoms with E-state index in [1.54, 1.807) is 0 Å². The summed E-state index contributed by atoms with van der Waals surface area (Å²) in [5, 5.41) is 0.440. The highest BCUT2D eigenvalue weighted by molar-refractivity contribution is 6.83. The first kappa shape index (κ1) is 14.6. The summed E-state index contributed by atoms with van der Waals surface area (Å²) in [5.74, 6) is 0.962. The van der Waals surface area contributed by atoms with Crippen LogP contribution in [0.5, 0.6) is 0 Å². The molecule has 2 unspecified atom stereocenters. The molecule has 0 aromatic rings. The van der Waals surface area contributed by atoms with Crippen molar-refractivity contribution < 1.29 is 4.74 Å². The van der Waals surface area contributed by atoms with Gasteiger partial charge in [-0.3, -0.25) is 0 Å². The molecule has 0 amide bonds. The van der Waals surface area contributed by atoms with Crippen LogP contribution in [0.2, 0.25) is 19.1 Å². The molecule has 2 rings (SSSR count). The minimum absolute atomic E-state index is 0.440. The molecule has 0 aromatic carbocycles. The molecule has 2 aliphatic rings. The Morgan fingerprint density at radius 2 is 1.61 bits per heavy atom. The molecular weight excluding hydrogens is 236 g/mol. The third kappa shape index (κ3) is 2.70. The van der Waals surface area contributed by atoms with Gasteiger partial charge < -0.3 is 4.74 Å². The number of rotatable bonds is 9. The summed E-state index contributed by atoms with van der Waals surface area (Å²) in [5.41, 5.74) is 0. The lowest BCUT2D eigenvalue weighted by molar-refractivity contribution is -0.177. The lowest BCUT2D eigenvalue weighted by Gasteiger charge is -2.67. The Bertz CT molecular complexity index is 264. The Balaban J connectivity index is 1.51. The van der Waals surface area contributed by atoms with Gasteiger partial charge in [0.2, 0.25) is 0 Å². The molecule has 0 saturated carbocycles. The third-order valence-electron chi connectivity index (χ3n) is 5.51. The first-order valence-corrected chi connectivity index (χ1v) is 11.5. The van der Waals surface area contributed by atoms with Crippen LogP contribution in [-0.4, -0.2) is 19.9 Å². The van der Waals surface area contributed by atoms with Gasteiger partial charge in [0.1, 0.15) is 0 Å². The molecular formula is C16H32OSi. The Kier molecular flexibility index (Phi) is 4.93. The molecule has 2 saturated heterocycles. The zero-order valence-electron chi connectivity index (χ0n) is 12.8. The van der Waals surface area contributed by atoms with Crippen molar-refractivity contribution in [2.24, 2.45) is 5.92 Å². The fourth-order valence-corrected chi connectivity index (χ4v) is 8.45. The molecule has 0 radical (unpaired) electrons. The van der Waals surface area contributed by atoms with Gasteiger partial charge in [0.25, 0.3) is 0 Å². The number of hydrogen-bond acceptors (Lipinski definition) is 1. The summed E-state index contributed by atoms with van der Waals surface area (Å²) in [4.78, 5) is 0. The van der Waals surface area contributed by atoms with Crippen molar-refractivity contribution in [3.63, 3.8) is 0 Å². The molecule has 106 valence electrons. The second-order valence-electron chi connectivity index (χ2n) is 7.21. The molecule has 0 bridgehead atoms. The van der Waals surface area contributed by atoms with Crippen LogP contribution in [0, 0.1) is 5.92 Å². The van der Waals surface area contributed by atoms with E-state index < -0.39 is 8.07 Å². The van der Waals surface area contributed by atoms with Crippen LogP contribution < -0.4 is 0 Å². The molecule has 2 fully saturated rings. The summed E-state index contributed by atoms with van der Waals surface area (Å²) in [7, 11) is -0.989. The highest BCUT2D eigenvalue weighted by Crippen LogP contribution is 2.58. The van der Waals surface area contributed by atoms with Gasteiger partial charge in [-0.15, -0.1) is 0 Å². The summed E-state index contributed by atoms with van der Waals surface area (Å²) in [6.07, 6.45) is 12.8. The van der Waals surface area contributed by atoms with Crippen LogP contribution in [0.15, 0.2) is 0 Å². The predicted octanol–water partition coefficient (Wildman–Crippen LogP) is 5.16. The number of unbranched alkanes of at least 4 members (excludes halogenated alkanes) is 7. The molecule has 0 aromatic heterocycles. The summed E-state index contributed by atoms with van der Waals surface area (Å²) in [6, 6.07) is 1.53. The maximum atomic E-state index is 6.05. The van der Waals surface area contributed by atoms with Crippen LogP contribution in [0.25, 0.3) is 0 Å². The van der Waals surface area contributed by atoms with Crippen LogP contribution in [0.1, 0.15) is 64.7 Å². The standard InChI is InChI=1S/C16H32OSi/c1-4-5-6-7-8-9-10-11-12-16-15(13-17-16)14-18(16,2)3/h15H,4-14H2,1-3H3. The molecule has 0 aliphatic carbocycles. The van der Waals surface area contributed by atoms with Crippen LogP contribution in [0.3, 0.4) is 0 Å². The van der Waals surface area contributed by atoms with Crippen molar-refractivity contribution in [1.29, 1.82) is 0 Å². The van der Waals surface area contributed by atoms with E-state index in [2.05, 4.69) is 20.0 Å². The van der Waals surface area contributed by atoms with E-state index in [0.717, 1.165) is 12.5 Å². The van der Waals surface area contributed by atoms with Gasteiger partial charge in [0.05, 0.1) is 19.9 Å². The van der Waals surface area contributed by atoms with Crippen molar-refractivity contribution in [2.75, 3.05) is 6.61 Å². The molecule has 2 aliphatic heterocycles. The van der Waals surface area contributed by atoms with Crippen LogP contribution >= 0.6 is 0 Å². The molecule has 2 heterocycles. The Morgan fingerprint density at radius 1 is 1.00 bits per heavy atom. The number of hydrogen-bond donors (Lipinski definition) is 0. The van der Waals surface area contributed by atoms with E-state index in [1.165, 1.54) is 63.8 Å². The first-order chi connectivity index (χ1) is 8.62. The van der Waals surface area contributed by atoms with E-state index in [9.17, 15) is 0 Å². The van der Waals surface area contributed by atoms with E-state index in [-0.39, 0.29) is 0 Å².